The minimum Gasteiger partial charge on any atom is -0.486 e. The van der Waals surface area contributed by atoms with Crippen LogP contribution in [0.3, 0.4) is 0 Å². The molecule has 5 rings (SSSR count). The zero-order chi connectivity index (χ0) is 22.8. The van der Waals surface area contributed by atoms with Crippen LogP contribution in [0.15, 0.2) is 60.7 Å². The number of hydrogen-bond donors (Lipinski definition) is 1. The highest BCUT2D eigenvalue weighted by molar-refractivity contribution is 5.69. The summed E-state index contributed by atoms with van der Waals surface area (Å²) in [6.07, 6.45) is 1.87. The summed E-state index contributed by atoms with van der Waals surface area (Å²) in [6.45, 7) is 2.00. The molecule has 3 aromatic rings. The minimum absolute atomic E-state index is 0.00176. The van der Waals surface area contributed by atoms with Crippen LogP contribution in [-0.4, -0.2) is 17.9 Å². The molecule has 0 radical (unpaired) electrons. The molecule has 0 spiro atoms. The molecule has 166 valence electrons. The second-order valence-corrected chi connectivity index (χ2v) is 8.24. The van der Waals surface area contributed by atoms with Gasteiger partial charge >= 0.3 is 5.97 Å². The van der Waals surface area contributed by atoms with E-state index in [0.29, 0.717) is 0 Å². The van der Waals surface area contributed by atoms with Crippen molar-refractivity contribution >= 4 is 5.97 Å². The lowest BCUT2D eigenvalue weighted by atomic mass is 9.96. The van der Waals surface area contributed by atoms with Gasteiger partial charge in [0.15, 0.2) is 11.5 Å². The summed E-state index contributed by atoms with van der Waals surface area (Å²) >= 11 is 0. The third kappa shape index (κ3) is 4.38. The van der Waals surface area contributed by atoms with Gasteiger partial charge in [-0.05, 0) is 71.8 Å². The van der Waals surface area contributed by atoms with E-state index < -0.39 is 5.97 Å². The first-order valence-corrected chi connectivity index (χ1v) is 11.0. The highest BCUT2D eigenvalue weighted by atomic mass is 16.7. The Morgan fingerprint density at radius 3 is 2.61 bits per heavy atom. The number of aryl methyl sites for hydroxylation is 1. The summed E-state index contributed by atoms with van der Waals surface area (Å²) in [5, 5.41) is 9.14. The topological polar surface area (TPSA) is 65.0 Å². The van der Waals surface area contributed by atoms with Crippen LogP contribution >= 0.6 is 0 Å². The molecule has 0 saturated carbocycles. The molecule has 5 heteroatoms. The lowest BCUT2D eigenvalue weighted by Crippen LogP contribution is -2.06. The van der Waals surface area contributed by atoms with E-state index in [1.807, 2.05) is 36.4 Å². The number of carbonyl (C=O) groups is 1. The molecule has 0 amide bonds. The fourth-order valence-corrected chi connectivity index (χ4v) is 4.50. The minimum atomic E-state index is -0.856. The Labute approximate surface area is 192 Å². The predicted octanol–water partition coefficient (Wildman–Crippen LogP) is 5.73. The number of aliphatic carboxylic acids is 1. The van der Waals surface area contributed by atoms with E-state index in [2.05, 4.69) is 36.1 Å². The smallest absolute Gasteiger partial charge is 0.304 e. The first kappa shape index (κ1) is 21.0. The number of benzene rings is 3. The van der Waals surface area contributed by atoms with Crippen LogP contribution in [-0.2, 0) is 11.2 Å². The highest BCUT2D eigenvalue weighted by Gasteiger charge is 2.25. The maximum absolute atomic E-state index is 11.1. The molecule has 2 atom stereocenters. The van der Waals surface area contributed by atoms with Gasteiger partial charge in [0.2, 0.25) is 6.79 Å². The summed E-state index contributed by atoms with van der Waals surface area (Å²) in [5.41, 5.74) is 5.65. The van der Waals surface area contributed by atoms with Gasteiger partial charge in [-0.1, -0.05) is 42.3 Å². The van der Waals surface area contributed by atoms with Crippen LogP contribution in [0.25, 0.3) is 11.1 Å². The van der Waals surface area contributed by atoms with E-state index in [1.54, 1.807) is 6.92 Å². The zero-order valence-electron chi connectivity index (χ0n) is 18.3. The van der Waals surface area contributed by atoms with Crippen molar-refractivity contribution < 1.29 is 24.1 Å². The van der Waals surface area contributed by atoms with Gasteiger partial charge in [-0.15, -0.1) is 5.92 Å². The third-order valence-electron chi connectivity index (χ3n) is 6.13. The maximum Gasteiger partial charge on any atom is 0.304 e. The van der Waals surface area contributed by atoms with Crippen LogP contribution < -0.4 is 14.2 Å². The number of fused-ring (bicyclic) bond motifs is 2. The van der Waals surface area contributed by atoms with Crippen molar-refractivity contribution in [1.29, 1.82) is 0 Å². The zero-order valence-corrected chi connectivity index (χ0v) is 18.3. The molecular formula is C28H24O5. The summed E-state index contributed by atoms with van der Waals surface area (Å²) in [4.78, 5) is 11.1. The molecule has 0 saturated heterocycles. The fourth-order valence-electron chi connectivity index (χ4n) is 4.50. The molecule has 33 heavy (non-hydrogen) atoms. The standard InChI is InChI=1S/C28H24O5/c1-2-3-19(16-28(29)30)18-4-9-23(10-5-18)33-25-12-8-22-14-20(6-11-24(22)25)21-7-13-26-27(15-21)32-17-31-26/h4-7,9-11,13-15,19,25H,8,12,16-17H2,1H3,(H,29,30)/t19-,25?/m1/s1. The van der Waals surface area contributed by atoms with E-state index in [-0.39, 0.29) is 25.2 Å². The molecule has 2 aliphatic rings. The number of hydrogen-bond acceptors (Lipinski definition) is 4. The van der Waals surface area contributed by atoms with Gasteiger partial charge in [0.1, 0.15) is 11.9 Å². The summed E-state index contributed by atoms with van der Waals surface area (Å²) in [6, 6.07) is 20.2. The first-order valence-electron chi connectivity index (χ1n) is 11.0. The Kier molecular flexibility index (Phi) is 5.66. The SMILES string of the molecule is CC#C[C@H](CC(=O)O)c1ccc(OC2CCc3cc(-c4ccc5c(c4)OCO5)ccc32)cc1. The Balaban J connectivity index is 1.31. The van der Waals surface area contributed by atoms with Gasteiger partial charge in [0.25, 0.3) is 0 Å². The van der Waals surface area contributed by atoms with Crippen molar-refractivity contribution in [2.75, 3.05) is 6.79 Å². The Hall–Kier alpha value is -3.91. The Morgan fingerprint density at radius 1 is 1.06 bits per heavy atom. The normalized spacial score (nSPS) is 16.5. The molecule has 1 heterocycles. The first-order chi connectivity index (χ1) is 16.1. The number of ether oxygens (including phenoxy) is 3. The number of carboxylic acid groups (broad SMARTS) is 1. The molecule has 0 fully saturated rings. The molecule has 1 unspecified atom stereocenters. The molecule has 1 N–H and O–H groups in total. The molecule has 0 bridgehead atoms. The van der Waals surface area contributed by atoms with Crippen LogP contribution in [0.5, 0.6) is 17.2 Å². The molecule has 3 aromatic carbocycles. The van der Waals surface area contributed by atoms with Gasteiger partial charge in [-0.25, -0.2) is 0 Å². The summed E-state index contributed by atoms with van der Waals surface area (Å²) in [7, 11) is 0. The molecular weight excluding hydrogens is 416 g/mol. The van der Waals surface area contributed by atoms with Gasteiger partial charge in [0, 0.05) is 0 Å². The molecule has 1 aliphatic carbocycles. The van der Waals surface area contributed by atoms with Crippen molar-refractivity contribution in [3.05, 3.63) is 77.4 Å². The van der Waals surface area contributed by atoms with Crippen molar-refractivity contribution in [1.82, 2.24) is 0 Å². The van der Waals surface area contributed by atoms with Gasteiger partial charge in [0.05, 0.1) is 12.3 Å². The van der Waals surface area contributed by atoms with Crippen molar-refractivity contribution in [3.63, 3.8) is 0 Å². The molecule has 5 nitrogen and oxygen atoms in total. The lowest BCUT2D eigenvalue weighted by molar-refractivity contribution is -0.137. The van der Waals surface area contributed by atoms with E-state index in [4.69, 9.17) is 19.3 Å². The van der Waals surface area contributed by atoms with E-state index >= 15 is 0 Å². The number of rotatable bonds is 6. The Bertz CT molecular complexity index is 1250. The average Bonchev–Trinajstić information content (AvgIpc) is 3.45. The largest absolute Gasteiger partial charge is 0.486 e. The van der Waals surface area contributed by atoms with Crippen LogP contribution in [0, 0.1) is 11.8 Å². The lowest BCUT2D eigenvalue weighted by Gasteiger charge is -2.16. The average molecular weight is 440 g/mol. The highest BCUT2D eigenvalue weighted by Crippen LogP contribution is 2.40. The second kappa shape index (κ2) is 8.91. The van der Waals surface area contributed by atoms with Crippen molar-refractivity contribution in [2.45, 2.75) is 38.2 Å². The second-order valence-electron chi connectivity index (χ2n) is 8.24. The van der Waals surface area contributed by atoms with Crippen LogP contribution in [0.2, 0.25) is 0 Å². The Morgan fingerprint density at radius 2 is 1.82 bits per heavy atom. The molecule has 0 aromatic heterocycles. The van der Waals surface area contributed by atoms with Crippen LogP contribution in [0.1, 0.15) is 48.5 Å². The van der Waals surface area contributed by atoms with Crippen molar-refractivity contribution in [3.8, 4) is 40.2 Å². The van der Waals surface area contributed by atoms with Gasteiger partial charge in [-0.2, -0.15) is 0 Å². The quantitative estimate of drug-likeness (QED) is 0.496. The van der Waals surface area contributed by atoms with E-state index in [1.165, 1.54) is 11.1 Å². The van der Waals surface area contributed by atoms with E-state index in [9.17, 15) is 4.79 Å². The number of carboxylic acids is 1. The predicted molar refractivity (Wildman–Crippen MR) is 125 cm³/mol. The summed E-state index contributed by atoms with van der Waals surface area (Å²) in [5.74, 6) is 6.98. The molecule has 1 aliphatic heterocycles. The summed E-state index contributed by atoms with van der Waals surface area (Å²) < 4.78 is 17.2. The fraction of sp³-hybridized carbons (Fsp3) is 0.250. The maximum atomic E-state index is 11.1. The van der Waals surface area contributed by atoms with Gasteiger partial charge in [-0.3, -0.25) is 4.79 Å². The van der Waals surface area contributed by atoms with Crippen LogP contribution in [0.4, 0.5) is 0 Å². The third-order valence-corrected chi connectivity index (χ3v) is 6.13. The van der Waals surface area contributed by atoms with Gasteiger partial charge < -0.3 is 19.3 Å². The monoisotopic (exact) mass is 440 g/mol. The van der Waals surface area contributed by atoms with E-state index in [0.717, 1.165) is 46.8 Å². The van der Waals surface area contributed by atoms with Crippen molar-refractivity contribution in [2.24, 2.45) is 0 Å².